The third kappa shape index (κ3) is 4.51. The van der Waals surface area contributed by atoms with Gasteiger partial charge in [0.05, 0.1) is 5.75 Å². The second-order valence-electron chi connectivity index (χ2n) is 6.65. The van der Waals surface area contributed by atoms with Gasteiger partial charge in [0.25, 0.3) is 0 Å². The standard InChI is InChI=1S/C20H22FN5OS/c1-12-8-13(2)19(14(3)9-12)23-18(27)11-28-20-25-24-17(26(20)22)10-15-6-4-5-7-16(15)21/h4-9H,10-11,22H2,1-3H3,(H,23,27). The van der Waals surface area contributed by atoms with Crippen LogP contribution in [0.5, 0.6) is 0 Å². The van der Waals surface area contributed by atoms with Crippen LogP contribution in [0.3, 0.4) is 0 Å². The molecule has 0 unspecified atom stereocenters. The largest absolute Gasteiger partial charge is 0.336 e. The normalized spacial score (nSPS) is 10.9. The number of nitrogen functional groups attached to an aromatic ring is 1. The first-order valence-corrected chi connectivity index (χ1v) is 9.77. The molecule has 3 N–H and O–H groups in total. The van der Waals surface area contributed by atoms with Gasteiger partial charge in [-0.05, 0) is 43.5 Å². The average Bonchev–Trinajstić information content (AvgIpc) is 2.98. The molecule has 0 spiro atoms. The van der Waals surface area contributed by atoms with Crippen molar-refractivity contribution in [2.75, 3.05) is 16.9 Å². The molecule has 0 fully saturated rings. The minimum Gasteiger partial charge on any atom is -0.336 e. The van der Waals surface area contributed by atoms with Gasteiger partial charge in [-0.3, -0.25) is 4.79 Å². The average molecular weight is 399 g/mol. The molecule has 2 aromatic carbocycles. The van der Waals surface area contributed by atoms with Gasteiger partial charge in [-0.1, -0.05) is 47.7 Å². The molecule has 0 saturated heterocycles. The summed E-state index contributed by atoms with van der Waals surface area (Å²) in [6, 6.07) is 10.5. The predicted molar refractivity (Wildman–Crippen MR) is 109 cm³/mol. The summed E-state index contributed by atoms with van der Waals surface area (Å²) in [6.07, 6.45) is 0.227. The Kier molecular flexibility index (Phi) is 5.99. The predicted octanol–water partition coefficient (Wildman–Crippen LogP) is 3.38. The molecule has 1 heterocycles. The number of nitrogens with one attached hydrogen (secondary N) is 1. The summed E-state index contributed by atoms with van der Waals surface area (Å²) in [5, 5.41) is 11.4. The maximum absolute atomic E-state index is 13.8. The number of rotatable bonds is 6. The maximum Gasteiger partial charge on any atom is 0.234 e. The number of nitrogens with two attached hydrogens (primary N) is 1. The smallest absolute Gasteiger partial charge is 0.234 e. The molecule has 0 aliphatic carbocycles. The lowest BCUT2D eigenvalue weighted by atomic mass is 10.1. The number of carbonyl (C=O) groups excluding carboxylic acids is 1. The number of aromatic nitrogens is 3. The Bertz CT molecular complexity index is 995. The van der Waals surface area contributed by atoms with E-state index in [4.69, 9.17) is 5.84 Å². The van der Waals surface area contributed by atoms with Gasteiger partial charge in [0.2, 0.25) is 11.1 Å². The fourth-order valence-corrected chi connectivity index (χ4v) is 3.70. The molecule has 146 valence electrons. The fourth-order valence-electron chi connectivity index (χ4n) is 3.02. The molecule has 1 aromatic heterocycles. The number of anilines is 1. The van der Waals surface area contributed by atoms with E-state index in [-0.39, 0.29) is 23.9 Å². The Labute approximate surface area is 167 Å². The van der Waals surface area contributed by atoms with Crippen LogP contribution in [0.4, 0.5) is 10.1 Å². The summed E-state index contributed by atoms with van der Waals surface area (Å²) in [6.45, 7) is 5.96. The van der Waals surface area contributed by atoms with Gasteiger partial charge in [-0.15, -0.1) is 10.2 Å². The number of halogens is 1. The van der Waals surface area contributed by atoms with Gasteiger partial charge in [-0.2, -0.15) is 0 Å². The van der Waals surface area contributed by atoms with Crippen LogP contribution in [0, 0.1) is 26.6 Å². The molecule has 0 bridgehead atoms. The molecule has 0 radical (unpaired) electrons. The SMILES string of the molecule is Cc1cc(C)c(NC(=O)CSc2nnc(Cc3ccccc3F)n2N)c(C)c1. The van der Waals surface area contributed by atoms with Crippen LogP contribution in [-0.2, 0) is 11.2 Å². The van der Waals surface area contributed by atoms with Crippen molar-refractivity contribution in [1.29, 1.82) is 0 Å². The fraction of sp³-hybridized carbons (Fsp3) is 0.250. The zero-order valence-corrected chi connectivity index (χ0v) is 16.8. The molecule has 6 nitrogen and oxygen atoms in total. The van der Waals surface area contributed by atoms with Crippen molar-refractivity contribution >= 4 is 23.4 Å². The number of benzene rings is 2. The first-order chi connectivity index (χ1) is 13.3. The van der Waals surface area contributed by atoms with E-state index in [0.29, 0.717) is 16.5 Å². The van der Waals surface area contributed by atoms with Crippen LogP contribution in [-0.4, -0.2) is 26.5 Å². The first-order valence-electron chi connectivity index (χ1n) is 8.78. The van der Waals surface area contributed by atoms with Crippen molar-refractivity contribution in [3.63, 3.8) is 0 Å². The highest BCUT2D eigenvalue weighted by Crippen LogP contribution is 2.23. The van der Waals surface area contributed by atoms with E-state index in [0.717, 1.165) is 22.4 Å². The highest BCUT2D eigenvalue weighted by molar-refractivity contribution is 7.99. The Hall–Kier alpha value is -2.87. The summed E-state index contributed by atoms with van der Waals surface area (Å²) in [5.41, 5.74) is 4.50. The van der Waals surface area contributed by atoms with E-state index in [1.165, 1.54) is 22.5 Å². The van der Waals surface area contributed by atoms with Gasteiger partial charge in [0.1, 0.15) is 5.82 Å². The topological polar surface area (TPSA) is 85.8 Å². The maximum atomic E-state index is 13.8. The number of carbonyl (C=O) groups is 1. The van der Waals surface area contributed by atoms with E-state index < -0.39 is 0 Å². The van der Waals surface area contributed by atoms with Crippen LogP contribution in [0.15, 0.2) is 41.6 Å². The molecule has 1 amide bonds. The molecule has 0 atom stereocenters. The number of hydrogen-bond acceptors (Lipinski definition) is 5. The van der Waals surface area contributed by atoms with Crippen LogP contribution < -0.4 is 11.2 Å². The van der Waals surface area contributed by atoms with Crippen molar-refractivity contribution in [3.8, 4) is 0 Å². The van der Waals surface area contributed by atoms with Crippen molar-refractivity contribution in [3.05, 3.63) is 70.3 Å². The summed E-state index contributed by atoms with van der Waals surface area (Å²) < 4.78 is 15.1. The monoisotopic (exact) mass is 399 g/mol. The van der Waals surface area contributed by atoms with Gasteiger partial charge in [0, 0.05) is 12.1 Å². The highest BCUT2D eigenvalue weighted by atomic mass is 32.2. The lowest BCUT2D eigenvalue weighted by Crippen LogP contribution is -2.18. The Morgan fingerprint density at radius 3 is 2.54 bits per heavy atom. The molecular weight excluding hydrogens is 377 g/mol. The van der Waals surface area contributed by atoms with Crippen molar-refractivity contribution in [2.24, 2.45) is 0 Å². The number of thioether (sulfide) groups is 1. The number of amides is 1. The third-order valence-electron chi connectivity index (χ3n) is 4.32. The number of hydrogen-bond donors (Lipinski definition) is 2. The van der Waals surface area contributed by atoms with E-state index in [9.17, 15) is 9.18 Å². The van der Waals surface area contributed by atoms with Gasteiger partial charge in [0.15, 0.2) is 5.82 Å². The van der Waals surface area contributed by atoms with Gasteiger partial charge in [-0.25, -0.2) is 9.07 Å². The van der Waals surface area contributed by atoms with Crippen molar-refractivity contribution in [1.82, 2.24) is 14.9 Å². The number of nitrogens with zero attached hydrogens (tertiary/aromatic N) is 3. The second kappa shape index (κ2) is 8.43. The first kappa shape index (κ1) is 19.9. The van der Waals surface area contributed by atoms with Gasteiger partial charge >= 0.3 is 0 Å². The zero-order chi connectivity index (χ0) is 20.3. The van der Waals surface area contributed by atoms with E-state index >= 15 is 0 Å². The summed E-state index contributed by atoms with van der Waals surface area (Å²) in [4.78, 5) is 12.3. The molecule has 0 aliphatic heterocycles. The molecule has 28 heavy (non-hydrogen) atoms. The Morgan fingerprint density at radius 1 is 1.18 bits per heavy atom. The van der Waals surface area contributed by atoms with Crippen LogP contribution in [0.1, 0.15) is 28.1 Å². The molecule has 0 saturated carbocycles. The van der Waals surface area contributed by atoms with Crippen LogP contribution >= 0.6 is 11.8 Å². The van der Waals surface area contributed by atoms with E-state index in [1.54, 1.807) is 18.2 Å². The minimum atomic E-state index is -0.317. The van der Waals surface area contributed by atoms with Crippen molar-refractivity contribution < 1.29 is 9.18 Å². The quantitative estimate of drug-likeness (QED) is 0.490. The van der Waals surface area contributed by atoms with E-state index in [2.05, 4.69) is 15.5 Å². The molecule has 8 heteroatoms. The summed E-state index contributed by atoms with van der Waals surface area (Å²) in [7, 11) is 0. The Morgan fingerprint density at radius 2 is 1.86 bits per heavy atom. The molecule has 0 aliphatic rings. The Balaban J connectivity index is 1.63. The van der Waals surface area contributed by atoms with Crippen LogP contribution in [0.2, 0.25) is 0 Å². The molecule has 3 rings (SSSR count). The zero-order valence-electron chi connectivity index (χ0n) is 16.0. The highest BCUT2D eigenvalue weighted by Gasteiger charge is 2.15. The third-order valence-corrected chi connectivity index (χ3v) is 5.26. The number of aryl methyl sites for hydroxylation is 3. The van der Waals surface area contributed by atoms with Crippen molar-refractivity contribution in [2.45, 2.75) is 32.3 Å². The lowest BCUT2D eigenvalue weighted by molar-refractivity contribution is -0.113. The second-order valence-corrected chi connectivity index (χ2v) is 7.59. The minimum absolute atomic E-state index is 0.141. The summed E-state index contributed by atoms with van der Waals surface area (Å²) >= 11 is 1.18. The molecular formula is C20H22FN5OS. The van der Waals surface area contributed by atoms with Gasteiger partial charge < -0.3 is 11.2 Å². The summed E-state index contributed by atoms with van der Waals surface area (Å²) in [5.74, 6) is 6.12. The van der Waals surface area contributed by atoms with E-state index in [1.807, 2.05) is 32.9 Å². The molecule has 3 aromatic rings. The lowest BCUT2D eigenvalue weighted by Gasteiger charge is -2.12. The van der Waals surface area contributed by atoms with Crippen LogP contribution in [0.25, 0.3) is 0 Å².